The summed E-state index contributed by atoms with van der Waals surface area (Å²) in [5, 5.41) is 10.1. The zero-order valence-electron chi connectivity index (χ0n) is 15.7. The van der Waals surface area contributed by atoms with E-state index in [9.17, 15) is 9.90 Å². The second kappa shape index (κ2) is 8.64. The first-order chi connectivity index (χ1) is 13.1. The minimum atomic E-state index is -0.424. The Morgan fingerprint density at radius 2 is 1.96 bits per heavy atom. The van der Waals surface area contributed by atoms with Crippen molar-refractivity contribution >= 4 is 5.91 Å². The van der Waals surface area contributed by atoms with Crippen molar-refractivity contribution in [2.45, 2.75) is 32.4 Å². The van der Waals surface area contributed by atoms with Gasteiger partial charge >= 0.3 is 0 Å². The van der Waals surface area contributed by atoms with Crippen LogP contribution >= 0.6 is 0 Å². The van der Waals surface area contributed by atoms with Crippen LogP contribution in [0.1, 0.15) is 47.6 Å². The first-order valence-corrected chi connectivity index (χ1v) is 9.20. The van der Waals surface area contributed by atoms with Crippen molar-refractivity contribution < 1.29 is 9.90 Å². The summed E-state index contributed by atoms with van der Waals surface area (Å²) < 4.78 is 0. The molecule has 0 aliphatic rings. The van der Waals surface area contributed by atoms with Gasteiger partial charge in [0.2, 0.25) is 0 Å². The molecule has 1 amide bonds. The Bertz CT molecular complexity index is 873. The first-order valence-electron chi connectivity index (χ1n) is 9.20. The summed E-state index contributed by atoms with van der Waals surface area (Å²) in [5.74, 6) is 0.700. The molecule has 0 aliphatic heterocycles. The Morgan fingerprint density at radius 1 is 1.19 bits per heavy atom. The van der Waals surface area contributed by atoms with Crippen molar-refractivity contribution in [2.75, 3.05) is 7.05 Å². The molecule has 0 saturated heterocycles. The van der Waals surface area contributed by atoms with Crippen molar-refractivity contribution in [1.29, 1.82) is 0 Å². The molecule has 3 aromatic rings. The number of H-pyrrole nitrogens is 1. The molecule has 5 heteroatoms. The van der Waals surface area contributed by atoms with E-state index in [-0.39, 0.29) is 5.91 Å². The number of rotatable bonds is 7. The molecule has 0 saturated carbocycles. The topological polar surface area (TPSA) is 69.2 Å². The van der Waals surface area contributed by atoms with Crippen LogP contribution in [0.25, 0.3) is 11.1 Å². The smallest absolute Gasteiger partial charge is 0.254 e. The van der Waals surface area contributed by atoms with Gasteiger partial charge < -0.3 is 15.0 Å². The number of aliphatic hydroxyl groups excluding tert-OH is 1. The molecule has 0 spiro atoms. The minimum Gasteiger partial charge on any atom is -0.388 e. The predicted molar refractivity (Wildman–Crippen MR) is 106 cm³/mol. The fourth-order valence-electron chi connectivity index (χ4n) is 3.07. The van der Waals surface area contributed by atoms with Crippen molar-refractivity contribution in [2.24, 2.45) is 0 Å². The summed E-state index contributed by atoms with van der Waals surface area (Å²) in [7, 11) is 1.77. The fourth-order valence-corrected chi connectivity index (χ4v) is 3.07. The maximum Gasteiger partial charge on any atom is 0.254 e. The normalized spacial score (nSPS) is 12.0. The van der Waals surface area contributed by atoms with Crippen molar-refractivity contribution in [3.63, 3.8) is 0 Å². The van der Waals surface area contributed by atoms with Crippen molar-refractivity contribution in [3.8, 4) is 11.1 Å². The highest BCUT2D eigenvalue weighted by Gasteiger charge is 2.14. The SMILES string of the molecule is CCCC(O)c1ccc(-c2cccc(C(=O)N(C)Cc3ncc[nH]3)c2)cc1. The van der Waals surface area contributed by atoms with Gasteiger partial charge in [0.05, 0.1) is 12.6 Å². The number of nitrogens with zero attached hydrogens (tertiary/aromatic N) is 2. The van der Waals surface area contributed by atoms with Crippen LogP contribution in [0.3, 0.4) is 0 Å². The van der Waals surface area contributed by atoms with Crippen molar-refractivity contribution in [3.05, 3.63) is 77.9 Å². The van der Waals surface area contributed by atoms with Crippen LogP contribution < -0.4 is 0 Å². The number of carbonyl (C=O) groups excluding carboxylic acids is 1. The largest absolute Gasteiger partial charge is 0.388 e. The van der Waals surface area contributed by atoms with Gasteiger partial charge in [0.15, 0.2) is 0 Å². The van der Waals surface area contributed by atoms with Crippen LogP contribution in [0.15, 0.2) is 60.9 Å². The molecule has 2 N–H and O–H groups in total. The molecule has 0 radical (unpaired) electrons. The van der Waals surface area contributed by atoms with Crippen LogP contribution in [-0.4, -0.2) is 32.9 Å². The number of hydrogen-bond donors (Lipinski definition) is 2. The average Bonchev–Trinajstić information content (AvgIpc) is 3.21. The zero-order chi connectivity index (χ0) is 19.2. The van der Waals surface area contributed by atoms with Gasteiger partial charge in [-0.15, -0.1) is 0 Å². The maximum atomic E-state index is 12.7. The van der Waals surface area contributed by atoms with Crippen LogP contribution in [0.4, 0.5) is 0 Å². The Morgan fingerprint density at radius 3 is 2.63 bits per heavy atom. The molecule has 5 nitrogen and oxygen atoms in total. The molecule has 0 bridgehead atoms. The van der Waals surface area contributed by atoms with E-state index in [0.717, 1.165) is 35.4 Å². The lowest BCUT2D eigenvalue weighted by Crippen LogP contribution is -2.26. The Kier molecular flexibility index (Phi) is 6.04. The molecule has 1 aromatic heterocycles. The standard InChI is InChI=1S/C22H25N3O2/c1-3-5-20(26)17-10-8-16(9-11-17)18-6-4-7-19(14-18)22(27)25(2)15-21-23-12-13-24-21/h4,6-14,20,26H,3,5,15H2,1-2H3,(H,23,24). The van der Waals surface area contributed by atoms with Crippen LogP contribution in [0.2, 0.25) is 0 Å². The number of hydrogen-bond acceptors (Lipinski definition) is 3. The van der Waals surface area contributed by atoms with Crippen LogP contribution in [0, 0.1) is 0 Å². The third kappa shape index (κ3) is 4.63. The van der Waals surface area contributed by atoms with Crippen LogP contribution in [-0.2, 0) is 6.54 Å². The Hall–Kier alpha value is -2.92. The van der Waals surface area contributed by atoms with E-state index in [4.69, 9.17) is 0 Å². The third-order valence-corrected chi connectivity index (χ3v) is 4.59. The summed E-state index contributed by atoms with van der Waals surface area (Å²) >= 11 is 0. The summed E-state index contributed by atoms with van der Waals surface area (Å²) in [5.41, 5.74) is 3.55. The molecular weight excluding hydrogens is 338 g/mol. The maximum absolute atomic E-state index is 12.7. The second-order valence-corrected chi connectivity index (χ2v) is 6.70. The molecular formula is C22H25N3O2. The van der Waals surface area contributed by atoms with Gasteiger partial charge in [-0.2, -0.15) is 0 Å². The van der Waals surface area contributed by atoms with E-state index >= 15 is 0 Å². The molecule has 1 atom stereocenters. The zero-order valence-corrected chi connectivity index (χ0v) is 15.7. The molecule has 27 heavy (non-hydrogen) atoms. The molecule has 3 rings (SSSR count). The van der Waals surface area contributed by atoms with Gasteiger partial charge in [-0.1, -0.05) is 49.7 Å². The van der Waals surface area contributed by atoms with E-state index in [1.165, 1.54) is 0 Å². The van der Waals surface area contributed by atoms with Gasteiger partial charge in [-0.3, -0.25) is 4.79 Å². The average molecular weight is 363 g/mol. The molecule has 0 aliphatic carbocycles. The third-order valence-electron chi connectivity index (χ3n) is 4.59. The second-order valence-electron chi connectivity index (χ2n) is 6.70. The highest BCUT2D eigenvalue weighted by Crippen LogP contribution is 2.25. The lowest BCUT2D eigenvalue weighted by atomic mass is 9.99. The van der Waals surface area contributed by atoms with Crippen LogP contribution in [0.5, 0.6) is 0 Å². The number of carbonyl (C=O) groups is 1. The molecule has 2 aromatic carbocycles. The number of imidazole rings is 1. The summed E-state index contributed by atoms with van der Waals surface area (Å²) in [6.45, 7) is 2.49. The van der Waals surface area contributed by atoms with E-state index < -0.39 is 6.10 Å². The van der Waals surface area contributed by atoms with Gasteiger partial charge in [0.25, 0.3) is 5.91 Å². The highest BCUT2D eigenvalue weighted by molar-refractivity contribution is 5.95. The predicted octanol–water partition coefficient (Wildman–Crippen LogP) is 4.18. The molecule has 1 unspecified atom stereocenters. The van der Waals surface area contributed by atoms with Crippen molar-refractivity contribution in [1.82, 2.24) is 14.9 Å². The van der Waals surface area contributed by atoms with Gasteiger partial charge in [-0.25, -0.2) is 4.98 Å². The number of aliphatic hydroxyl groups is 1. The van der Waals surface area contributed by atoms with E-state index in [2.05, 4.69) is 16.9 Å². The van der Waals surface area contributed by atoms with E-state index in [1.54, 1.807) is 24.3 Å². The summed E-state index contributed by atoms with van der Waals surface area (Å²) in [6.07, 6.45) is 4.70. The molecule has 1 heterocycles. The lowest BCUT2D eigenvalue weighted by Gasteiger charge is -2.16. The van der Waals surface area contributed by atoms with E-state index in [1.807, 2.05) is 48.5 Å². The number of nitrogens with one attached hydrogen (secondary N) is 1. The van der Waals surface area contributed by atoms with E-state index in [0.29, 0.717) is 12.1 Å². The Balaban J connectivity index is 1.75. The monoisotopic (exact) mass is 363 g/mol. The summed E-state index contributed by atoms with van der Waals surface area (Å²) in [6, 6.07) is 15.5. The minimum absolute atomic E-state index is 0.0526. The number of aromatic nitrogens is 2. The van der Waals surface area contributed by atoms with Gasteiger partial charge in [0.1, 0.15) is 5.82 Å². The quantitative estimate of drug-likeness (QED) is 0.661. The lowest BCUT2D eigenvalue weighted by molar-refractivity contribution is 0.0782. The number of amides is 1. The first kappa shape index (κ1) is 18.9. The van der Waals surface area contributed by atoms with Gasteiger partial charge in [0, 0.05) is 25.0 Å². The van der Waals surface area contributed by atoms with Gasteiger partial charge in [-0.05, 0) is 35.2 Å². The molecule has 140 valence electrons. The summed E-state index contributed by atoms with van der Waals surface area (Å²) in [4.78, 5) is 21.5. The fraction of sp³-hybridized carbons (Fsp3) is 0.273. The number of aromatic amines is 1. The number of benzene rings is 2. The highest BCUT2D eigenvalue weighted by atomic mass is 16.3. The molecule has 0 fully saturated rings. The Labute approximate surface area is 159 Å².